The summed E-state index contributed by atoms with van der Waals surface area (Å²) in [4.78, 5) is 36.0. The fraction of sp³-hybridized carbons (Fsp3) is 0.423. The first kappa shape index (κ1) is 24.9. The summed E-state index contributed by atoms with van der Waals surface area (Å²) in [6, 6.07) is 12.5. The van der Waals surface area contributed by atoms with Gasteiger partial charge in [0.1, 0.15) is 5.82 Å². The third-order valence-corrected chi connectivity index (χ3v) is 6.06. The van der Waals surface area contributed by atoms with Crippen molar-refractivity contribution in [3.8, 4) is 5.69 Å². The van der Waals surface area contributed by atoms with Crippen LogP contribution in [0.4, 0.5) is 0 Å². The molecule has 2 aromatic carbocycles. The molecule has 0 N–H and O–H groups in total. The van der Waals surface area contributed by atoms with Gasteiger partial charge in [0, 0.05) is 24.0 Å². The van der Waals surface area contributed by atoms with Crippen LogP contribution in [0.15, 0.2) is 47.3 Å². The normalized spacial score (nSPS) is 12.5. The summed E-state index contributed by atoms with van der Waals surface area (Å²) in [7, 11) is 3.97. The molecular formula is C26H33ClN4O2. The molecule has 1 aromatic heterocycles. The first-order valence-electron chi connectivity index (χ1n) is 11.4. The topological polar surface area (TPSA) is 58.4 Å². The molecule has 0 spiro atoms. The van der Waals surface area contributed by atoms with Crippen molar-refractivity contribution < 1.29 is 4.79 Å². The molecule has 3 aromatic rings. The molecule has 0 aliphatic rings. The summed E-state index contributed by atoms with van der Waals surface area (Å²) < 4.78 is 1.67. The van der Waals surface area contributed by atoms with Crippen molar-refractivity contribution in [1.29, 1.82) is 0 Å². The highest BCUT2D eigenvalue weighted by Gasteiger charge is 2.30. The van der Waals surface area contributed by atoms with E-state index in [2.05, 4.69) is 4.90 Å². The molecule has 0 bridgehead atoms. The number of carbonyl (C=O) groups is 1. The summed E-state index contributed by atoms with van der Waals surface area (Å²) in [6.45, 7) is 9.03. The van der Waals surface area contributed by atoms with E-state index in [-0.39, 0.29) is 23.4 Å². The lowest BCUT2D eigenvalue weighted by Crippen LogP contribution is -2.43. The number of nitrogens with zero attached hydrogens (tertiary/aromatic N) is 4. The number of hydrogen-bond donors (Lipinski definition) is 0. The van der Waals surface area contributed by atoms with Gasteiger partial charge in [0.2, 0.25) is 5.91 Å². The summed E-state index contributed by atoms with van der Waals surface area (Å²) >= 11 is 6.21. The fourth-order valence-corrected chi connectivity index (χ4v) is 4.30. The number of hydrogen-bond acceptors (Lipinski definition) is 4. The van der Waals surface area contributed by atoms with Crippen LogP contribution in [0.1, 0.15) is 44.6 Å². The van der Waals surface area contributed by atoms with Crippen molar-refractivity contribution in [2.45, 2.75) is 40.2 Å². The van der Waals surface area contributed by atoms with Crippen LogP contribution in [0.2, 0.25) is 5.02 Å². The zero-order chi connectivity index (χ0) is 24.3. The molecule has 33 heavy (non-hydrogen) atoms. The van der Waals surface area contributed by atoms with Gasteiger partial charge in [-0.1, -0.05) is 44.5 Å². The molecule has 3 rings (SSSR count). The van der Waals surface area contributed by atoms with Crippen molar-refractivity contribution in [1.82, 2.24) is 19.4 Å². The molecule has 1 unspecified atom stereocenters. The summed E-state index contributed by atoms with van der Waals surface area (Å²) in [6.07, 6.45) is 0.628. The molecular weight excluding hydrogens is 436 g/mol. The van der Waals surface area contributed by atoms with Crippen LogP contribution >= 0.6 is 11.6 Å². The number of likely N-dealkylation sites (N-methyl/N-ethyl adjacent to an activating group) is 1. The quantitative estimate of drug-likeness (QED) is 0.474. The van der Waals surface area contributed by atoms with Gasteiger partial charge in [-0.2, -0.15) is 0 Å². The number of halogens is 1. The fourth-order valence-electron chi connectivity index (χ4n) is 4.08. The van der Waals surface area contributed by atoms with Gasteiger partial charge in [-0.25, -0.2) is 4.98 Å². The first-order chi connectivity index (χ1) is 15.6. The van der Waals surface area contributed by atoms with Gasteiger partial charge in [-0.05, 0) is 63.3 Å². The Morgan fingerprint density at radius 3 is 2.42 bits per heavy atom. The molecule has 6 nitrogen and oxygen atoms in total. The average molecular weight is 469 g/mol. The maximum Gasteiger partial charge on any atom is 0.266 e. The van der Waals surface area contributed by atoms with E-state index in [1.54, 1.807) is 16.7 Å². The molecule has 0 saturated heterocycles. The lowest BCUT2D eigenvalue weighted by molar-refractivity contribution is -0.137. The highest BCUT2D eigenvalue weighted by atomic mass is 35.5. The second-order valence-electron chi connectivity index (χ2n) is 8.97. The number of benzene rings is 2. The van der Waals surface area contributed by atoms with Gasteiger partial charge >= 0.3 is 0 Å². The predicted octanol–water partition coefficient (Wildman–Crippen LogP) is 4.84. The van der Waals surface area contributed by atoms with Crippen molar-refractivity contribution in [3.63, 3.8) is 0 Å². The Morgan fingerprint density at radius 2 is 1.82 bits per heavy atom. The molecule has 7 heteroatoms. The zero-order valence-corrected chi connectivity index (χ0v) is 21.1. The van der Waals surface area contributed by atoms with Gasteiger partial charge in [-0.15, -0.1) is 0 Å². The largest absolute Gasteiger partial charge is 0.331 e. The third-order valence-electron chi connectivity index (χ3n) is 5.83. The number of aryl methyl sites for hydroxylation is 1. The predicted molar refractivity (Wildman–Crippen MR) is 135 cm³/mol. The number of fused-ring (bicyclic) bond motifs is 1. The van der Waals surface area contributed by atoms with Crippen LogP contribution in [0.25, 0.3) is 16.6 Å². The minimum absolute atomic E-state index is 0.0467. The maximum absolute atomic E-state index is 13.8. The Morgan fingerprint density at radius 1 is 1.12 bits per heavy atom. The molecule has 0 aliphatic carbocycles. The highest BCUT2D eigenvalue weighted by molar-refractivity contribution is 6.30. The third kappa shape index (κ3) is 5.28. The van der Waals surface area contributed by atoms with Gasteiger partial charge in [0.05, 0.1) is 22.6 Å². The first-order valence-corrected chi connectivity index (χ1v) is 11.8. The molecule has 0 aliphatic heterocycles. The average Bonchev–Trinajstić information content (AvgIpc) is 2.76. The molecule has 0 fully saturated rings. The minimum atomic E-state index is -0.354. The number of aromatic nitrogens is 2. The van der Waals surface area contributed by atoms with Crippen molar-refractivity contribution >= 4 is 28.4 Å². The number of rotatable bonds is 8. The number of carbonyl (C=O) groups excluding carboxylic acids is 1. The zero-order valence-electron chi connectivity index (χ0n) is 20.3. The standard InChI is InChI=1S/C26H33ClN4O2/c1-7-22(30(15-14-29(5)6)25(32)17(2)3)24-28-21-11-9-8-10-20(21)26(33)31(24)23-13-12-19(27)16-18(23)4/h8-13,16-17,22H,7,14-15H2,1-6H3. The highest BCUT2D eigenvalue weighted by Crippen LogP contribution is 2.29. The molecule has 0 radical (unpaired) electrons. The van der Waals surface area contributed by atoms with E-state index in [1.807, 2.05) is 77.0 Å². The van der Waals surface area contributed by atoms with Crippen molar-refractivity contribution in [2.75, 3.05) is 27.2 Å². The summed E-state index contributed by atoms with van der Waals surface area (Å²) in [5, 5.41) is 1.15. The van der Waals surface area contributed by atoms with E-state index in [0.29, 0.717) is 41.3 Å². The van der Waals surface area contributed by atoms with Crippen molar-refractivity contribution in [3.05, 3.63) is 69.2 Å². The Balaban J connectivity index is 2.32. The SMILES string of the molecule is CCC(c1nc2ccccc2c(=O)n1-c1ccc(Cl)cc1C)N(CCN(C)C)C(=O)C(C)C. The minimum Gasteiger partial charge on any atom is -0.331 e. The second-order valence-corrected chi connectivity index (χ2v) is 9.41. The molecule has 1 heterocycles. The molecule has 1 atom stereocenters. The van der Waals surface area contributed by atoms with E-state index in [1.165, 1.54) is 0 Å². The Labute approximate surface area is 200 Å². The van der Waals surface area contributed by atoms with Crippen LogP contribution in [-0.4, -0.2) is 52.4 Å². The Kier molecular flexibility index (Phi) is 7.92. The van der Waals surface area contributed by atoms with Gasteiger partial charge in [0.15, 0.2) is 0 Å². The van der Waals surface area contributed by atoms with E-state index in [4.69, 9.17) is 16.6 Å². The van der Waals surface area contributed by atoms with Crippen LogP contribution in [-0.2, 0) is 4.79 Å². The molecule has 176 valence electrons. The van der Waals surface area contributed by atoms with E-state index < -0.39 is 0 Å². The maximum atomic E-state index is 13.8. The van der Waals surface area contributed by atoms with Crippen LogP contribution in [0.5, 0.6) is 0 Å². The second kappa shape index (κ2) is 10.5. The molecule has 1 amide bonds. The molecule has 0 saturated carbocycles. The van der Waals surface area contributed by atoms with E-state index in [9.17, 15) is 9.59 Å². The number of para-hydroxylation sites is 1. The Hall–Kier alpha value is -2.70. The summed E-state index contributed by atoms with van der Waals surface area (Å²) in [5.41, 5.74) is 2.07. The van der Waals surface area contributed by atoms with Gasteiger partial charge in [0.25, 0.3) is 5.56 Å². The van der Waals surface area contributed by atoms with E-state index in [0.717, 1.165) is 11.3 Å². The summed E-state index contributed by atoms with van der Waals surface area (Å²) in [5.74, 6) is 0.448. The lowest BCUT2D eigenvalue weighted by atomic mass is 10.1. The van der Waals surface area contributed by atoms with Crippen molar-refractivity contribution in [2.24, 2.45) is 5.92 Å². The van der Waals surface area contributed by atoms with Crippen LogP contribution in [0.3, 0.4) is 0 Å². The van der Waals surface area contributed by atoms with Crippen LogP contribution in [0, 0.1) is 12.8 Å². The van der Waals surface area contributed by atoms with E-state index >= 15 is 0 Å². The van der Waals surface area contributed by atoms with Gasteiger partial charge < -0.3 is 9.80 Å². The van der Waals surface area contributed by atoms with Crippen LogP contribution < -0.4 is 5.56 Å². The smallest absolute Gasteiger partial charge is 0.266 e. The number of amides is 1. The monoisotopic (exact) mass is 468 g/mol. The van der Waals surface area contributed by atoms with Gasteiger partial charge in [-0.3, -0.25) is 14.2 Å². The Bertz CT molecular complexity index is 1200. The lowest BCUT2D eigenvalue weighted by Gasteiger charge is -2.34.